The van der Waals surface area contributed by atoms with Crippen molar-refractivity contribution in [3.63, 3.8) is 0 Å². The fraction of sp³-hybridized carbons (Fsp3) is 0.333. The van der Waals surface area contributed by atoms with Crippen molar-refractivity contribution in [1.29, 1.82) is 0 Å². The van der Waals surface area contributed by atoms with Gasteiger partial charge in [0.2, 0.25) is 5.91 Å². The molecule has 0 saturated carbocycles. The van der Waals surface area contributed by atoms with Gasteiger partial charge in [-0.1, -0.05) is 20.3 Å². The number of carboxylic acid groups (broad SMARTS) is 1. The maximum Gasteiger partial charge on any atom is 0.308 e. The van der Waals surface area contributed by atoms with Crippen LogP contribution in [0.2, 0.25) is 0 Å². The van der Waals surface area contributed by atoms with Crippen molar-refractivity contribution < 1.29 is 41.0 Å². The Morgan fingerprint density at radius 1 is 0.750 bits per heavy atom. The molecule has 2 aromatic rings. The Bertz CT molecular complexity index is 863. The van der Waals surface area contributed by atoms with Gasteiger partial charge in [0.1, 0.15) is 34.9 Å². The lowest BCUT2D eigenvalue weighted by molar-refractivity contribution is -0.136. The lowest BCUT2D eigenvalue weighted by atomic mass is 10.1. The third-order valence-electron chi connectivity index (χ3n) is 3.37. The van der Waals surface area contributed by atoms with Crippen molar-refractivity contribution in [2.75, 3.05) is 14.1 Å². The number of carboxylic acids is 1. The Morgan fingerprint density at radius 3 is 1.28 bits per heavy atom. The van der Waals surface area contributed by atoms with Crippen LogP contribution < -0.4 is 0 Å². The molecule has 0 heterocycles. The zero-order chi connectivity index (χ0) is 24.3. The highest BCUT2D eigenvalue weighted by molar-refractivity contribution is 5.85. The van der Waals surface area contributed by atoms with Crippen LogP contribution in [0.25, 0.3) is 0 Å². The zero-order valence-electron chi connectivity index (χ0n) is 17.8. The molecule has 2 aromatic carbocycles. The Morgan fingerprint density at radius 2 is 1.03 bits per heavy atom. The minimum atomic E-state index is -1.37. The van der Waals surface area contributed by atoms with Crippen LogP contribution in [0.15, 0.2) is 24.3 Å². The molecule has 1 amide bonds. The number of benzene rings is 2. The number of likely N-dealkylation sites (N-methyl/N-ethyl adjacent to an activating group) is 1. The van der Waals surface area contributed by atoms with E-state index in [0.29, 0.717) is 24.3 Å². The standard InChI is InChI=1S/C10H10F3NO.C8H5F3O2.C3H8.ClH/c1-14(2)10(15)5-7-8(12)3-6(11)4-9(7)13;9-4-1-6(10)5(3-8(12)13)7(11)2-4;1-3-2;/h3-4H,5H2,1-2H3;1-2H,3H2,(H,12,13);3H2,1-2H3;1H. The Hall–Kier alpha value is -2.75. The smallest absolute Gasteiger partial charge is 0.308 e. The molecule has 0 aliphatic carbocycles. The fourth-order valence-corrected chi connectivity index (χ4v) is 1.94. The number of amides is 1. The van der Waals surface area contributed by atoms with E-state index >= 15 is 0 Å². The van der Waals surface area contributed by atoms with Gasteiger partial charge >= 0.3 is 5.97 Å². The first-order valence-corrected chi connectivity index (χ1v) is 9.02. The Labute approximate surface area is 188 Å². The summed E-state index contributed by atoms with van der Waals surface area (Å²) in [6.07, 6.45) is 0.0445. The minimum Gasteiger partial charge on any atom is -0.481 e. The van der Waals surface area contributed by atoms with Gasteiger partial charge < -0.3 is 10.0 Å². The molecule has 32 heavy (non-hydrogen) atoms. The van der Waals surface area contributed by atoms with Crippen LogP contribution in [0.1, 0.15) is 31.4 Å². The molecule has 0 saturated heterocycles. The van der Waals surface area contributed by atoms with E-state index in [4.69, 9.17) is 5.11 Å². The van der Waals surface area contributed by atoms with Crippen molar-refractivity contribution in [1.82, 2.24) is 4.90 Å². The first-order valence-electron chi connectivity index (χ1n) is 9.02. The predicted molar refractivity (Wildman–Crippen MR) is 110 cm³/mol. The molecule has 0 aliphatic rings. The number of hydrogen-bond acceptors (Lipinski definition) is 2. The number of aliphatic carboxylic acids is 1. The second-order valence-corrected chi connectivity index (χ2v) is 6.44. The molecule has 11 heteroatoms. The maximum atomic E-state index is 13.1. The Balaban J connectivity index is 0. The fourth-order valence-electron chi connectivity index (χ4n) is 1.94. The molecular formula is C21H24ClF6NO3. The highest BCUT2D eigenvalue weighted by atomic mass is 35.5. The molecule has 0 unspecified atom stereocenters. The zero-order valence-corrected chi connectivity index (χ0v) is 18.6. The van der Waals surface area contributed by atoms with E-state index in [-0.39, 0.29) is 12.4 Å². The highest BCUT2D eigenvalue weighted by Gasteiger charge is 2.16. The second kappa shape index (κ2) is 15.1. The first kappa shape index (κ1) is 31.4. The van der Waals surface area contributed by atoms with E-state index in [1.54, 1.807) is 0 Å². The minimum absolute atomic E-state index is 0. The molecule has 0 aliphatic heterocycles. The third kappa shape index (κ3) is 11.0. The van der Waals surface area contributed by atoms with Gasteiger partial charge in [-0.2, -0.15) is 0 Å². The number of carbonyl (C=O) groups is 2. The monoisotopic (exact) mass is 487 g/mol. The van der Waals surface area contributed by atoms with Gasteiger partial charge in [-0.05, 0) is 0 Å². The molecule has 2 rings (SSSR count). The summed E-state index contributed by atoms with van der Waals surface area (Å²) in [6, 6.07) is 2.01. The largest absolute Gasteiger partial charge is 0.481 e. The SMILES string of the molecule is CCC.CN(C)C(=O)Cc1c(F)cc(F)cc1F.Cl.O=C(O)Cc1c(F)cc(F)cc1F. The second-order valence-electron chi connectivity index (χ2n) is 6.44. The normalized spacial score (nSPS) is 9.44. The van der Waals surface area contributed by atoms with Crippen LogP contribution in [0.5, 0.6) is 0 Å². The highest BCUT2D eigenvalue weighted by Crippen LogP contribution is 2.16. The van der Waals surface area contributed by atoms with E-state index in [1.165, 1.54) is 25.4 Å². The molecule has 4 nitrogen and oxygen atoms in total. The molecule has 180 valence electrons. The number of halogens is 7. The molecule has 1 N–H and O–H groups in total. The van der Waals surface area contributed by atoms with Crippen LogP contribution in [0.4, 0.5) is 26.3 Å². The van der Waals surface area contributed by atoms with Crippen molar-refractivity contribution in [3.05, 3.63) is 70.3 Å². The van der Waals surface area contributed by atoms with Crippen molar-refractivity contribution in [2.45, 2.75) is 33.1 Å². The molecular weight excluding hydrogens is 464 g/mol. The van der Waals surface area contributed by atoms with Crippen LogP contribution in [0.3, 0.4) is 0 Å². The third-order valence-corrected chi connectivity index (χ3v) is 3.37. The van der Waals surface area contributed by atoms with E-state index in [9.17, 15) is 35.9 Å². The topological polar surface area (TPSA) is 57.6 Å². The molecule has 0 radical (unpaired) electrons. The average molecular weight is 488 g/mol. The molecule has 0 fully saturated rings. The van der Waals surface area contributed by atoms with Gasteiger partial charge in [0.25, 0.3) is 0 Å². The summed E-state index contributed by atoms with van der Waals surface area (Å²) in [7, 11) is 2.95. The molecule has 0 bridgehead atoms. The van der Waals surface area contributed by atoms with Crippen molar-refractivity contribution >= 4 is 24.3 Å². The average Bonchev–Trinajstić information content (AvgIpc) is 2.62. The number of carbonyl (C=O) groups excluding carboxylic acids is 1. The van der Waals surface area contributed by atoms with E-state index < -0.39 is 70.7 Å². The molecule has 0 spiro atoms. The van der Waals surface area contributed by atoms with Crippen LogP contribution in [0, 0.1) is 34.9 Å². The van der Waals surface area contributed by atoms with Crippen LogP contribution in [-0.2, 0) is 22.4 Å². The number of nitrogens with zero attached hydrogens (tertiary/aromatic N) is 1. The van der Waals surface area contributed by atoms with Gasteiger partial charge in [0.05, 0.1) is 12.8 Å². The van der Waals surface area contributed by atoms with Crippen molar-refractivity contribution in [3.8, 4) is 0 Å². The van der Waals surface area contributed by atoms with Gasteiger partial charge in [0, 0.05) is 49.5 Å². The van der Waals surface area contributed by atoms with Gasteiger partial charge in [-0.15, -0.1) is 12.4 Å². The van der Waals surface area contributed by atoms with E-state index in [2.05, 4.69) is 13.8 Å². The Kier molecular flexibility index (Phi) is 14.9. The van der Waals surface area contributed by atoms with Crippen LogP contribution >= 0.6 is 12.4 Å². The number of hydrogen-bond donors (Lipinski definition) is 1. The van der Waals surface area contributed by atoms with E-state index in [1.807, 2.05) is 0 Å². The lowest BCUT2D eigenvalue weighted by Crippen LogP contribution is -2.24. The summed E-state index contributed by atoms with van der Waals surface area (Å²) in [5, 5.41) is 8.26. The molecule has 0 atom stereocenters. The summed E-state index contributed by atoms with van der Waals surface area (Å²) in [4.78, 5) is 22.5. The van der Waals surface area contributed by atoms with Gasteiger partial charge in [-0.25, -0.2) is 26.3 Å². The quantitative estimate of drug-likeness (QED) is 0.595. The lowest BCUT2D eigenvalue weighted by Gasteiger charge is -2.11. The van der Waals surface area contributed by atoms with Gasteiger partial charge in [0.15, 0.2) is 0 Å². The summed E-state index contributed by atoms with van der Waals surface area (Å²) >= 11 is 0. The predicted octanol–water partition coefficient (Wildman–Crippen LogP) is 5.30. The summed E-state index contributed by atoms with van der Waals surface area (Å²) in [5.74, 6) is -8.32. The van der Waals surface area contributed by atoms with Gasteiger partial charge in [-0.3, -0.25) is 9.59 Å². The molecule has 0 aromatic heterocycles. The van der Waals surface area contributed by atoms with Crippen molar-refractivity contribution in [2.24, 2.45) is 0 Å². The van der Waals surface area contributed by atoms with E-state index in [0.717, 1.165) is 0 Å². The summed E-state index contributed by atoms with van der Waals surface area (Å²) < 4.78 is 76.5. The maximum absolute atomic E-state index is 13.1. The number of rotatable bonds is 4. The summed E-state index contributed by atoms with van der Waals surface area (Å²) in [6.45, 7) is 4.25. The first-order chi connectivity index (χ1) is 14.3. The van der Waals surface area contributed by atoms with Crippen LogP contribution in [-0.4, -0.2) is 36.0 Å². The summed E-state index contributed by atoms with van der Waals surface area (Å²) in [5.41, 5.74) is -1.04.